The first kappa shape index (κ1) is 16.0. The Labute approximate surface area is 132 Å². The Bertz CT molecular complexity index is 672. The number of esters is 1. The number of ether oxygens (including phenoxy) is 1. The minimum Gasteiger partial charge on any atom is -0.465 e. The Morgan fingerprint density at radius 2 is 2.23 bits per heavy atom. The number of carbonyl (C=O) groups is 2. The van der Waals surface area contributed by atoms with Gasteiger partial charge in [0.15, 0.2) is 5.16 Å². The zero-order valence-electron chi connectivity index (χ0n) is 12.3. The van der Waals surface area contributed by atoms with Crippen LogP contribution in [0.25, 0.3) is 0 Å². The minimum atomic E-state index is -0.387. The van der Waals surface area contributed by atoms with Crippen LogP contribution in [-0.4, -0.2) is 39.1 Å². The van der Waals surface area contributed by atoms with Crippen LogP contribution in [0.1, 0.15) is 12.5 Å². The summed E-state index contributed by atoms with van der Waals surface area (Å²) in [5.41, 5.74) is 1.72. The summed E-state index contributed by atoms with van der Waals surface area (Å²) in [5, 5.41) is 10.6. The highest BCUT2D eigenvalue weighted by Gasteiger charge is 2.14. The van der Waals surface area contributed by atoms with Gasteiger partial charge in [0.05, 0.1) is 12.4 Å². The quantitative estimate of drug-likeness (QED) is 0.672. The lowest BCUT2D eigenvalue weighted by atomic mass is 10.2. The van der Waals surface area contributed by atoms with Crippen LogP contribution >= 0.6 is 11.8 Å². The van der Waals surface area contributed by atoms with E-state index < -0.39 is 0 Å². The van der Waals surface area contributed by atoms with Crippen molar-refractivity contribution in [3.8, 4) is 0 Å². The molecule has 1 aromatic carbocycles. The minimum absolute atomic E-state index is 0.0737. The van der Waals surface area contributed by atoms with E-state index in [1.807, 2.05) is 25.1 Å². The number of aryl methyl sites for hydroxylation is 1. The van der Waals surface area contributed by atoms with Crippen molar-refractivity contribution >= 4 is 29.4 Å². The Balaban J connectivity index is 2.02. The SMILES string of the molecule is CCOC(=O)CSc1nncn1C(=O)Nc1cccc(C)c1. The summed E-state index contributed by atoms with van der Waals surface area (Å²) in [5.74, 6) is -0.286. The zero-order chi connectivity index (χ0) is 15.9. The number of aromatic nitrogens is 3. The number of amides is 1. The average molecular weight is 320 g/mol. The topological polar surface area (TPSA) is 86.1 Å². The van der Waals surface area contributed by atoms with Gasteiger partial charge in [-0.05, 0) is 31.5 Å². The van der Waals surface area contributed by atoms with E-state index in [0.29, 0.717) is 17.5 Å². The summed E-state index contributed by atoms with van der Waals surface area (Å²) < 4.78 is 6.09. The van der Waals surface area contributed by atoms with Crippen molar-refractivity contribution in [2.24, 2.45) is 0 Å². The fourth-order valence-corrected chi connectivity index (χ4v) is 2.40. The first-order valence-electron chi connectivity index (χ1n) is 6.66. The highest BCUT2D eigenvalue weighted by Crippen LogP contribution is 2.16. The molecule has 0 fully saturated rings. The molecule has 1 amide bonds. The first-order valence-corrected chi connectivity index (χ1v) is 7.65. The molecule has 0 aliphatic rings. The van der Waals surface area contributed by atoms with Crippen LogP contribution in [0.15, 0.2) is 35.7 Å². The molecular formula is C14H16N4O3S. The maximum Gasteiger partial charge on any atom is 0.333 e. The van der Waals surface area contributed by atoms with Crippen molar-refractivity contribution in [2.75, 3.05) is 17.7 Å². The Hall–Kier alpha value is -2.35. The number of thioether (sulfide) groups is 1. The Morgan fingerprint density at radius 1 is 1.41 bits per heavy atom. The van der Waals surface area contributed by atoms with Gasteiger partial charge in [-0.15, -0.1) is 10.2 Å². The third kappa shape index (κ3) is 4.32. The van der Waals surface area contributed by atoms with Crippen molar-refractivity contribution < 1.29 is 14.3 Å². The number of nitrogens with one attached hydrogen (secondary N) is 1. The van der Waals surface area contributed by atoms with Gasteiger partial charge in [-0.2, -0.15) is 0 Å². The lowest BCUT2D eigenvalue weighted by Gasteiger charge is -2.08. The molecule has 0 bridgehead atoms. The van der Waals surface area contributed by atoms with Crippen LogP contribution in [-0.2, 0) is 9.53 Å². The van der Waals surface area contributed by atoms with E-state index in [0.717, 1.165) is 17.3 Å². The summed E-state index contributed by atoms with van der Waals surface area (Å²) in [6.45, 7) is 4.00. The molecule has 1 heterocycles. The van der Waals surface area contributed by atoms with Gasteiger partial charge in [0.25, 0.3) is 0 Å². The number of nitrogens with zero attached hydrogens (tertiary/aromatic N) is 3. The molecule has 0 aliphatic carbocycles. The average Bonchev–Trinajstić information content (AvgIpc) is 2.94. The monoisotopic (exact) mass is 320 g/mol. The highest BCUT2D eigenvalue weighted by molar-refractivity contribution is 7.99. The molecule has 0 radical (unpaired) electrons. The molecule has 0 atom stereocenters. The molecule has 0 saturated heterocycles. The number of rotatable bonds is 5. The first-order chi connectivity index (χ1) is 10.6. The van der Waals surface area contributed by atoms with E-state index in [4.69, 9.17) is 4.74 Å². The predicted octanol–water partition coefficient (Wildman–Crippen LogP) is 2.32. The van der Waals surface area contributed by atoms with E-state index in [1.54, 1.807) is 13.0 Å². The van der Waals surface area contributed by atoms with Crippen LogP contribution in [0, 0.1) is 6.92 Å². The van der Waals surface area contributed by atoms with Crippen LogP contribution in [0.3, 0.4) is 0 Å². The van der Waals surface area contributed by atoms with Crippen LogP contribution < -0.4 is 5.32 Å². The van der Waals surface area contributed by atoms with Crippen LogP contribution in [0.2, 0.25) is 0 Å². The summed E-state index contributed by atoms with van der Waals surface area (Å²) in [6, 6.07) is 7.05. The maximum absolute atomic E-state index is 12.2. The Kier molecular flexibility index (Phi) is 5.54. The molecule has 0 unspecified atom stereocenters. The van der Waals surface area contributed by atoms with Crippen molar-refractivity contribution in [2.45, 2.75) is 19.0 Å². The van der Waals surface area contributed by atoms with E-state index >= 15 is 0 Å². The van der Waals surface area contributed by atoms with Gasteiger partial charge in [0, 0.05) is 5.69 Å². The Morgan fingerprint density at radius 3 is 2.95 bits per heavy atom. The molecule has 22 heavy (non-hydrogen) atoms. The van der Waals surface area contributed by atoms with Gasteiger partial charge in [-0.1, -0.05) is 23.9 Å². The lowest BCUT2D eigenvalue weighted by Crippen LogP contribution is -2.20. The third-order valence-electron chi connectivity index (χ3n) is 2.63. The molecule has 2 rings (SSSR count). The fourth-order valence-electron chi connectivity index (χ4n) is 1.69. The normalized spacial score (nSPS) is 10.3. The second-order valence-corrected chi connectivity index (χ2v) is 5.32. The van der Waals surface area contributed by atoms with Crippen molar-refractivity contribution in [3.05, 3.63) is 36.2 Å². The number of hydrogen-bond acceptors (Lipinski definition) is 6. The van der Waals surface area contributed by atoms with E-state index in [9.17, 15) is 9.59 Å². The molecule has 8 heteroatoms. The maximum atomic E-state index is 12.2. The molecule has 116 valence electrons. The van der Waals surface area contributed by atoms with E-state index in [-0.39, 0.29) is 17.8 Å². The fraction of sp³-hybridized carbons (Fsp3) is 0.286. The zero-order valence-corrected chi connectivity index (χ0v) is 13.1. The largest absolute Gasteiger partial charge is 0.465 e. The van der Waals surface area contributed by atoms with Gasteiger partial charge in [-0.3, -0.25) is 4.79 Å². The van der Waals surface area contributed by atoms with Gasteiger partial charge >= 0.3 is 12.0 Å². The van der Waals surface area contributed by atoms with E-state index in [2.05, 4.69) is 15.5 Å². The lowest BCUT2D eigenvalue weighted by molar-refractivity contribution is -0.139. The van der Waals surface area contributed by atoms with Crippen molar-refractivity contribution in [1.82, 2.24) is 14.8 Å². The molecule has 0 saturated carbocycles. The summed E-state index contributed by atoms with van der Waals surface area (Å²) in [6.07, 6.45) is 1.30. The molecule has 1 N–H and O–H groups in total. The smallest absolute Gasteiger partial charge is 0.333 e. The molecule has 1 aromatic heterocycles. The standard InChI is InChI=1S/C14H16N4O3S/c1-3-21-12(19)8-22-14-17-15-9-18(14)13(20)16-11-6-4-5-10(2)7-11/h4-7,9H,3,8H2,1-2H3,(H,16,20). The van der Waals surface area contributed by atoms with Gasteiger partial charge in [0.1, 0.15) is 6.33 Å². The summed E-state index contributed by atoms with van der Waals surface area (Å²) in [4.78, 5) is 23.6. The highest BCUT2D eigenvalue weighted by atomic mass is 32.2. The predicted molar refractivity (Wildman–Crippen MR) is 83.0 cm³/mol. The summed E-state index contributed by atoms with van der Waals surface area (Å²) >= 11 is 1.10. The van der Waals surface area contributed by atoms with Crippen LogP contribution in [0.5, 0.6) is 0 Å². The second-order valence-electron chi connectivity index (χ2n) is 4.38. The van der Waals surface area contributed by atoms with Crippen molar-refractivity contribution in [1.29, 1.82) is 0 Å². The second kappa shape index (κ2) is 7.60. The molecule has 2 aromatic rings. The van der Waals surface area contributed by atoms with Gasteiger partial charge in [0.2, 0.25) is 0 Å². The molecular weight excluding hydrogens is 304 g/mol. The van der Waals surface area contributed by atoms with Gasteiger partial charge < -0.3 is 10.1 Å². The number of carbonyl (C=O) groups excluding carboxylic acids is 2. The molecule has 0 spiro atoms. The summed E-state index contributed by atoms with van der Waals surface area (Å²) in [7, 11) is 0. The number of benzene rings is 1. The van der Waals surface area contributed by atoms with Crippen LogP contribution in [0.4, 0.5) is 10.5 Å². The number of hydrogen-bond donors (Lipinski definition) is 1. The van der Waals surface area contributed by atoms with E-state index in [1.165, 1.54) is 10.9 Å². The molecule has 7 nitrogen and oxygen atoms in total. The third-order valence-corrected chi connectivity index (χ3v) is 3.55. The van der Waals surface area contributed by atoms with Crippen molar-refractivity contribution in [3.63, 3.8) is 0 Å². The number of anilines is 1. The molecule has 0 aliphatic heterocycles. The van der Waals surface area contributed by atoms with Gasteiger partial charge in [-0.25, -0.2) is 9.36 Å².